The number of phenols is 1. The van der Waals surface area contributed by atoms with E-state index in [0.717, 1.165) is 11.1 Å². The lowest BCUT2D eigenvalue weighted by Gasteiger charge is -2.18. The van der Waals surface area contributed by atoms with E-state index < -0.39 is 5.97 Å². The first-order chi connectivity index (χ1) is 17.7. The Hall–Kier alpha value is -4.62. The molecule has 4 aromatic rings. The van der Waals surface area contributed by atoms with Gasteiger partial charge in [0.05, 0.1) is 16.9 Å². The van der Waals surface area contributed by atoms with Gasteiger partial charge < -0.3 is 10.2 Å². The van der Waals surface area contributed by atoms with Crippen molar-refractivity contribution in [2.75, 3.05) is 10.3 Å². The number of carbonyl (C=O) groups is 2. The van der Waals surface area contributed by atoms with Crippen LogP contribution in [0.1, 0.15) is 27.0 Å². The number of aromatic carboxylic acids is 1. The summed E-state index contributed by atoms with van der Waals surface area (Å²) in [5, 5.41) is 25.1. The maximum absolute atomic E-state index is 13.6. The van der Waals surface area contributed by atoms with Crippen molar-refractivity contribution >= 4 is 46.3 Å². The zero-order valence-corrected chi connectivity index (χ0v) is 20.7. The number of aryl methyl sites for hydroxylation is 2. The Morgan fingerprint density at radius 3 is 2.38 bits per heavy atom. The zero-order chi connectivity index (χ0) is 26.3. The predicted molar refractivity (Wildman–Crippen MR) is 145 cm³/mol. The second kappa shape index (κ2) is 9.44. The summed E-state index contributed by atoms with van der Waals surface area (Å²) in [6.07, 6.45) is 0. The lowest BCUT2D eigenvalue weighted by molar-refractivity contribution is -0.111. The second-order valence-electron chi connectivity index (χ2n) is 8.81. The summed E-state index contributed by atoms with van der Waals surface area (Å²) >= 11 is 6.27. The molecule has 0 atom stereocenters. The number of nitrogens with zero attached hydrogens (tertiary/aromatic N) is 2. The summed E-state index contributed by atoms with van der Waals surface area (Å²) in [6, 6.07) is 22.3. The van der Waals surface area contributed by atoms with Crippen LogP contribution in [0.5, 0.6) is 5.75 Å². The highest BCUT2D eigenvalue weighted by molar-refractivity contribution is 6.56. The normalized spacial score (nSPS) is 13.6. The molecule has 0 spiro atoms. The molecule has 3 N–H and O–H groups in total. The van der Waals surface area contributed by atoms with Crippen molar-refractivity contribution in [1.29, 1.82) is 0 Å². The Kier molecular flexibility index (Phi) is 6.15. The third kappa shape index (κ3) is 4.52. The first-order valence-corrected chi connectivity index (χ1v) is 11.8. The predicted octanol–water partition coefficient (Wildman–Crippen LogP) is 6.52. The smallest absolute Gasteiger partial charge is 0.335 e. The second-order valence-corrected chi connectivity index (χ2v) is 9.24. The average Bonchev–Trinajstić information content (AvgIpc) is 3.13. The standard InChI is InChI=1S/C29H22ClN3O4/c1-16-11-17(2)13-21(12-16)33-25-15-20(30)9-10-23(25)26(28(33)35)32-31-24-8-4-7-22(27(24)34)18-5-3-6-19(14-18)29(36)37/h3-15,31,34H,1-2H3,(H,36,37). The molecule has 0 saturated carbocycles. The van der Waals surface area contributed by atoms with Gasteiger partial charge in [-0.05, 0) is 79.1 Å². The van der Waals surface area contributed by atoms with E-state index in [1.807, 2.05) is 32.0 Å². The molecule has 5 rings (SSSR count). The van der Waals surface area contributed by atoms with Crippen molar-refractivity contribution in [2.45, 2.75) is 13.8 Å². The number of benzene rings is 4. The molecule has 0 aromatic heterocycles. The fourth-order valence-electron chi connectivity index (χ4n) is 4.47. The number of anilines is 3. The van der Waals surface area contributed by atoms with E-state index in [0.29, 0.717) is 33.1 Å². The Morgan fingerprint density at radius 2 is 1.65 bits per heavy atom. The molecule has 0 aliphatic carbocycles. The molecule has 0 fully saturated rings. The Balaban J connectivity index is 1.53. The highest BCUT2D eigenvalue weighted by atomic mass is 35.5. The molecule has 1 heterocycles. The number of aromatic hydroxyl groups is 1. The van der Waals surface area contributed by atoms with Crippen LogP contribution in [-0.4, -0.2) is 27.8 Å². The fraction of sp³-hybridized carbons (Fsp3) is 0.0690. The molecule has 0 unspecified atom stereocenters. The van der Waals surface area contributed by atoms with Gasteiger partial charge in [0, 0.05) is 21.8 Å². The lowest BCUT2D eigenvalue weighted by atomic mass is 10.0. The Morgan fingerprint density at radius 1 is 0.919 bits per heavy atom. The van der Waals surface area contributed by atoms with Crippen LogP contribution in [0.3, 0.4) is 0 Å². The van der Waals surface area contributed by atoms with Gasteiger partial charge in [-0.3, -0.25) is 15.1 Å². The summed E-state index contributed by atoms with van der Waals surface area (Å²) in [5.41, 5.74) is 8.28. The number of fused-ring (bicyclic) bond motifs is 1. The van der Waals surface area contributed by atoms with Gasteiger partial charge in [0.1, 0.15) is 5.75 Å². The maximum atomic E-state index is 13.6. The molecule has 1 amide bonds. The van der Waals surface area contributed by atoms with E-state index in [4.69, 9.17) is 11.6 Å². The van der Waals surface area contributed by atoms with E-state index in [1.165, 1.54) is 12.1 Å². The minimum atomic E-state index is -1.06. The number of carboxylic acid groups (broad SMARTS) is 1. The largest absolute Gasteiger partial charge is 0.505 e. The maximum Gasteiger partial charge on any atom is 0.335 e. The summed E-state index contributed by atoms with van der Waals surface area (Å²) in [4.78, 5) is 26.5. The highest BCUT2D eigenvalue weighted by Crippen LogP contribution is 2.39. The van der Waals surface area contributed by atoms with E-state index in [1.54, 1.807) is 53.4 Å². The molecule has 8 heteroatoms. The number of hydrogen-bond donors (Lipinski definition) is 3. The van der Waals surface area contributed by atoms with Crippen LogP contribution >= 0.6 is 11.6 Å². The first-order valence-electron chi connectivity index (χ1n) is 11.4. The molecule has 4 aromatic carbocycles. The van der Waals surface area contributed by atoms with Crippen LogP contribution in [0.25, 0.3) is 11.1 Å². The van der Waals surface area contributed by atoms with Gasteiger partial charge in [-0.25, -0.2) is 4.79 Å². The van der Waals surface area contributed by atoms with Gasteiger partial charge >= 0.3 is 5.97 Å². The van der Waals surface area contributed by atoms with Crippen LogP contribution < -0.4 is 10.3 Å². The fourth-order valence-corrected chi connectivity index (χ4v) is 4.63. The number of phenolic OH excluding ortho intramolecular Hbond substituents is 1. The van der Waals surface area contributed by atoms with Crippen LogP contribution in [0, 0.1) is 13.8 Å². The Labute approximate surface area is 218 Å². The zero-order valence-electron chi connectivity index (χ0n) is 20.0. The van der Waals surface area contributed by atoms with Crippen molar-refractivity contribution in [3.05, 3.63) is 106 Å². The molecule has 0 saturated heterocycles. The number of hydrogen-bond acceptors (Lipinski definition) is 5. The number of carbonyl (C=O) groups excluding carboxylic acids is 1. The summed E-state index contributed by atoms with van der Waals surface area (Å²) in [6.45, 7) is 3.93. The number of para-hydroxylation sites is 1. The van der Waals surface area contributed by atoms with Gasteiger partial charge in [0.25, 0.3) is 5.91 Å². The van der Waals surface area contributed by atoms with E-state index >= 15 is 0 Å². The average molecular weight is 512 g/mol. The monoisotopic (exact) mass is 511 g/mol. The minimum absolute atomic E-state index is 0.105. The number of amides is 1. The van der Waals surface area contributed by atoms with Crippen LogP contribution in [0.15, 0.2) is 84.0 Å². The Bertz CT molecular complexity index is 1590. The van der Waals surface area contributed by atoms with Crippen molar-refractivity contribution in [2.24, 2.45) is 5.10 Å². The molecule has 0 bridgehead atoms. The van der Waals surface area contributed by atoms with Crippen molar-refractivity contribution in [3.63, 3.8) is 0 Å². The molecule has 1 aliphatic rings. The number of carboxylic acids is 1. The minimum Gasteiger partial charge on any atom is -0.505 e. The lowest BCUT2D eigenvalue weighted by Crippen LogP contribution is -2.26. The number of halogens is 1. The molecule has 0 radical (unpaired) electrons. The molecule has 184 valence electrons. The molecular weight excluding hydrogens is 490 g/mol. The number of hydrazone groups is 1. The summed E-state index contributed by atoms with van der Waals surface area (Å²) in [5.74, 6) is -1.52. The van der Waals surface area contributed by atoms with E-state index in [2.05, 4.69) is 10.5 Å². The first kappa shape index (κ1) is 24.1. The van der Waals surface area contributed by atoms with Gasteiger partial charge in [0.2, 0.25) is 0 Å². The topological polar surface area (TPSA) is 102 Å². The van der Waals surface area contributed by atoms with Crippen LogP contribution in [0.4, 0.5) is 17.1 Å². The molecule has 7 nitrogen and oxygen atoms in total. The van der Waals surface area contributed by atoms with Crippen LogP contribution in [0.2, 0.25) is 5.02 Å². The molecule has 1 aliphatic heterocycles. The van der Waals surface area contributed by atoms with Crippen molar-refractivity contribution in [3.8, 4) is 16.9 Å². The third-order valence-corrected chi connectivity index (χ3v) is 6.31. The van der Waals surface area contributed by atoms with Gasteiger partial charge in [-0.1, -0.05) is 41.9 Å². The van der Waals surface area contributed by atoms with Gasteiger partial charge in [-0.2, -0.15) is 5.10 Å². The number of nitrogens with one attached hydrogen (secondary N) is 1. The highest BCUT2D eigenvalue weighted by Gasteiger charge is 2.35. The SMILES string of the molecule is Cc1cc(C)cc(N2C(=O)C(=NNc3cccc(-c4cccc(C(=O)O)c4)c3O)c3ccc(Cl)cc32)c1. The molecule has 37 heavy (non-hydrogen) atoms. The quantitative estimate of drug-likeness (QED) is 0.209. The van der Waals surface area contributed by atoms with E-state index in [9.17, 15) is 19.8 Å². The van der Waals surface area contributed by atoms with Crippen molar-refractivity contribution < 1.29 is 19.8 Å². The summed E-state index contributed by atoms with van der Waals surface area (Å²) < 4.78 is 0. The van der Waals surface area contributed by atoms with Gasteiger partial charge in [0.15, 0.2) is 5.71 Å². The van der Waals surface area contributed by atoms with Crippen LogP contribution in [-0.2, 0) is 4.79 Å². The summed E-state index contributed by atoms with van der Waals surface area (Å²) in [7, 11) is 0. The number of rotatable bonds is 5. The van der Waals surface area contributed by atoms with E-state index in [-0.39, 0.29) is 28.6 Å². The van der Waals surface area contributed by atoms with Gasteiger partial charge in [-0.15, -0.1) is 0 Å². The van der Waals surface area contributed by atoms with Crippen molar-refractivity contribution in [1.82, 2.24) is 0 Å². The molecular formula is C29H22ClN3O4. The third-order valence-electron chi connectivity index (χ3n) is 6.07.